The zero-order valence-corrected chi connectivity index (χ0v) is 5.38. The van der Waals surface area contributed by atoms with Crippen molar-refractivity contribution in [2.45, 2.75) is 0 Å². The Bertz CT molecular complexity index is 166. The molecule has 0 saturated heterocycles. The molecular formula is C9H10. The standard InChI is InChI=1S/C9H10/c1-3-9-6-4-8(2)5-7-9/h3-7,9H,1-2H2. The normalized spacial score (nSPS) is 18.4. The van der Waals surface area contributed by atoms with Crippen LogP contribution in [0.5, 0.6) is 0 Å². The van der Waals surface area contributed by atoms with Gasteiger partial charge in [-0.15, -0.1) is 6.58 Å². The molecular weight excluding hydrogens is 108 g/mol. The van der Waals surface area contributed by atoms with Gasteiger partial charge in [0, 0.05) is 5.92 Å². The molecule has 1 aliphatic carbocycles. The van der Waals surface area contributed by atoms with Crippen molar-refractivity contribution in [3.63, 3.8) is 0 Å². The van der Waals surface area contributed by atoms with Gasteiger partial charge >= 0.3 is 0 Å². The highest BCUT2D eigenvalue weighted by Gasteiger charge is 1.96. The highest BCUT2D eigenvalue weighted by atomic mass is 14.0. The van der Waals surface area contributed by atoms with Crippen LogP contribution in [0.25, 0.3) is 0 Å². The molecule has 0 heterocycles. The topological polar surface area (TPSA) is 0 Å². The molecule has 0 aromatic carbocycles. The van der Waals surface area contributed by atoms with Crippen LogP contribution >= 0.6 is 0 Å². The third kappa shape index (κ3) is 1.43. The van der Waals surface area contributed by atoms with E-state index in [-0.39, 0.29) is 0 Å². The van der Waals surface area contributed by atoms with Crippen LogP contribution < -0.4 is 0 Å². The molecule has 0 N–H and O–H groups in total. The second-order valence-corrected chi connectivity index (χ2v) is 2.11. The van der Waals surface area contributed by atoms with Crippen LogP contribution in [0.2, 0.25) is 0 Å². The second-order valence-electron chi connectivity index (χ2n) is 2.11. The average molecular weight is 118 g/mol. The lowest BCUT2D eigenvalue weighted by Crippen LogP contribution is -1.89. The molecule has 0 aromatic heterocycles. The first-order valence-corrected chi connectivity index (χ1v) is 3.01. The lowest BCUT2D eigenvalue weighted by atomic mass is 10.0. The van der Waals surface area contributed by atoms with Crippen molar-refractivity contribution in [2.75, 3.05) is 0 Å². The van der Waals surface area contributed by atoms with Crippen molar-refractivity contribution >= 4 is 0 Å². The lowest BCUT2D eigenvalue weighted by molar-refractivity contribution is 1.06. The van der Waals surface area contributed by atoms with Gasteiger partial charge in [0.1, 0.15) is 0 Å². The fourth-order valence-corrected chi connectivity index (χ4v) is 0.746. The molecule has 0 saturated carbocycles. The van der Waals surface area contributed by atoms with Crippen molar-refractivity contribution in [2.24, 2.45) is 5.92 Å². The maximum Gasteiger partial charge on any atom is 0.0131 e. The summed E-state index contributed by atoms with van der Waals surface area (Å²) < 4.78 is 0. The molecule has 0 radical (unpaired) electrons. The minimum Gasteiger partial charge on any atom is -0.102 e. The fraction of sp³-hybridized carbons (Fsp3) is 0.111. The van der Waals surface area contributed by atoms with E-state index in [1.54, 1.807) is 0 Å². The summed E-state index contributed by atoms with van der Waals surface area (Å²) in [5, 5.41) is 0. The van der Waals surface area contributed by atoms with Crippen molar-refractivity contribution in [3.8, 4) is 0 Å². The van der Waals surface area contributed by atoms with Crippen LogP contribution in [-0.2, 0) is 0 Å². The van der Waals surface area contributed by atoms with E-state index in [1.165, 1.54) is 0 Å². The molecule has 0 spiro atoms. The Morgan fingerprint density at radius 1 is 1.33 bits per heavy atom. The highest BCUT2D eigenvalue weighted by Crippen LogP contribution is 2.12. The van der Waals surface area contributed by atoms with Crippen molar-refractivity contribution in [3.05, 3.63) is 49.1 Å². The number of allylic oxidation sites excluding steroid dienone is 6. The zero-order chi connectivity index (χ0) is 6.69. The Hall–Kier alpha value is -1.04. The van der Waals surface area contributed by atoms with E-state index in [4.69, 9.17) is 0 Å². The first kappa shape index (κ1) is 6.09. The van der Waals surface area contributed by atoms with E-state index < -0.39 is 0 Å². The van der Waals surface area contributed by atoms with Gasteiger partial charge in [-0.3, -0.25) is 0 Å². The third-order valence-corrected chi connectivity index (χ3v) is 1.34. The summed E-state index contributed by atoms with van der Waals surface area (Å²) in [4.78, 5) is 0. The first-order chi connectivity index (χ1) is 4.33. The smallest absolute Gasteiger partial charge is 0.0131 e. The van der Waals surface area contributed by atoms with E-state index in [2.05, 4.69) is 25.3 Å². The van der Waals surface area contributed by atoms with Gasteiger partial charge in [0.15, 0.2) is 0 Å². The second kappa shape index (κ2) is 2.49. The largest absolute Gasteiger partial charge is 0.102 e. The van der Waals surface area contributed by atoms with Crippen LogP contribution in [-0.4, -0.2) is 0 Å². The maximum atomic E-state index is 3.78. The molecule has 1 aliphatic rings. The minimum atomic E-state index is 0.412. The van der Waals surface area contributed by atoms with E-state index >= 15 is 0 Å². The molecule has 0 amide bonds. The monoisotopic (exact) mass is 118 g/mol. The molecule has 9 heavy (non-hydrogen) atoms. The quantitative estimate of drug-likeness (QED) is 0.464. The summed E-state index contributed by atoms with van der Waals surface area (Å²) in [5.74, 6) is 0.412. The molecule has 0 fully saturated rings. The van der Waals surface area contributed by atoms with E-state index in [1.807, 2.05) is 18.2 Å². The van der Waals surface area contributed by atoms with Crippen LogP contribution in [0.1, 0.15) is 0 Å². The lowest BCUT2D eigenvalue weighted by Gasteiger charge is -2.04. The Morgan fingerprint density at radius 3 is 2.33 bits per heavy atom. The van der Waals surface area contributed by atoms with Crippen molar-refractivity contribution < 1.29 is 0 Å². The Kier molecular flexibility index (Phi) is 1.69. The van der Waals surface area contributed by atoms with Gasteiger partial charge < -0.3 is 0 Å². The van der Waals surface area contributed by atoms with Crippen LogP contribution in [0.15, 0.2) is 49.1 Å². The highest BCUT2D eigenvalue weighted by molar-refractivity contribution is 5.34. The van der Waals surface area contributed by atoms with Crippen molar-refractivity contribution in [1.29, 1.82) is 0 Å². The van der Waals surface area contributed by atoms with Crippen LogP contribution in [0.4, 0.5) is 0 Å². The predicted molar refractivity (Wildman–Crippen MR) is 41.1 cm³/mol. The van der Waals surface area contributed by atoms with Crippen LogP contribution in [0, 0.1) is 5.92 Å². The van der Waals surface area contributed by atoms with Gasteiger partial charge in [0.2, 0.25) is 0 Å². The molecule has 0 atom stereocenters. The summed E-state index contributed by atoms with van der Waals surface area (Å²) in [6.07, 6.45) is 10.1. The molecule has 0 unspecified atom stereocenters. The minimum absolute atomic E-state index is 0.412. The first-order valence-electron chi connectivity index (χ1n) is 3.01. The van der Waals surface area contributed by atoms with E-state index in [0.717, 1.165) is 5.57 Å². The van der Waals surface area contributed by atoms with Gasteiger partial charge in [-0.1, -0.05) is 37.0 Å². The maximum absolute atomic E-state index is 3.78. The Labute approximate surface area is 55.9 Å². The Balaban J connectivity index is 2.68. The summed E-state index contributed by atoms with van der Waals surface area (Å²) in [6.45, 7) is 7.45. The fourth-order valence-electron chi connectivity index (χ4n) is 0.746. The number of hydrogen-bond donors (Lipinski definition) is 0. The van der Waals surface area contributed by atoms with Gasteiger partial charge in [-0.2, -0.15) is 0 Å². The zero-order valence-electron chi connectivity index (χ0n) is 5.38. The van der Waals surface area contributed by atoms with Gasteiger partial charge in [-0.25, -0.2) is 0 Å². The molecule has 46 valence electrons. The van der Waals surface area contributed by atoms with Gasteiger partial charge in [-0.05, 0) is 5.57 Å². The molecule has 0 aliphatic heterocycles. The Morgan fingerprint density at radius 2 is 1.89 bits per heavy atom. The van der Waals surface area contributed by atoms with Crippen molar-refractivity contribution in [1.82, 2.24) is 0 Å². The van der Waals surface area contributed by atoms with E-state index in [9.17, 15) is 0 Å². The summed E-state index contributed by atoms with van der Waals surface area (Å²) in [7, 11) is 0. The average Bonchev–Trinajstić information content (AvgIpc) is 1.90. The van der Waals surface area contributed by atoms with Crippen LogP contribution in [0.3, 0.4) is 0 Å². The summed E-state index contributed by atoms with van der Waals surface area (Å²) in [6, 6.07) is 0. The SMILES string of the molecule is C=CC1C=CC(=C)C=C1. The number of hydrogen-bond acceptors (Lipinski definition) is 0. The molecule has 1 rings (SSSR count). The molecule has 0 nitrogen and oxygen atoms in total. The molecule has 0 bridgehead atoms. The third-order valence-electron chi connectivity index (χ3n) is 1.34. The summed E-state index contributed by atoms with van der Waals surface area (Å²) >= 11 is 0. The molecule has 0 heteroatoms. The molecule has 0 aromatic rings. The van der Waals surface area contributed by atoms with Gasteiger partial charge in [0.25, 0.3) is 0 Å². The van der Waals surface area contributed by atoms with Gasteiger partial charge in [0.05, 0.1) is 0 Å². The van der Waals surface area contributed by atoms with E-state index in [0.29, 0.717) is 5.92 Å². The number of rotatable bonds is 1. The predicted octanol–water partition coefficient (Wildman–Crippen LogP) is 2.47. The summed E-state index contributed by atoms with van der Waals surface area (Å²) in [5.41, 5.74) is 1.06.